The molecule has 0 aliphatic heterocycles. The van der Waals surface area contributed by atoms with E-state index in [-0.39, 0.29) is 6.61 Å². The van der Waals surface area contributed by atoms with Gasteiger partial charge in [0.15, 0.2) is 0 Å². The van der Waals surface area contributed by atoms with Crippen molar-refractivity contribution >= 4 is 17.4 Å². The van der Waals surface area contributed by atoms with E-state index in [4.69, 9.17) is 5.73 Å². The predicted octanol–water partition coefficient (Wildman–Crippen LogP) is 1.34. The van der Waals surface area contributed by atoms with Crippen molar-refractivity contribution in [2.24, 2.45) is 5.73 Å². The van der Waals surface area contributed by atoms with Crippen LogP contribution in [0.5, 0.6) is 0 Å². The molecule has 0 fully saturated rings. The highest BCUT2D eigenvalue weighted by atomic mass is 32.1. The summed E-state index contributed by atoms with van der Waals surface area (Å²) in [5.41, 5.74) is 5.73. The van der Waals surface area contributed by atoms with E-state index in [2.05, 4.69) is 4.74 Å². The average molecular weight is 157 g/mol. The van der Waals surface area contributed by atoms with Crippen LogP contribution < -0.4 is 5.73 Å². The monoisotopic (exact) mass is 157 g/mol. The Labute approximate surface area is 62.4 Å². The summed E-state index contributed by atoms with van der Waals surface area (Å²) in [5.74, 6) is 0. The van der Waals surface area contributed by atoms with Crippen LogP contribution in [0.15, 0.2) is 16.8 Å². The van der Waals surface area contributed by atoms with Gasteiger partial charge in [0.1, 0.15) is 6.61 Å². The zero-order valence-electron chi connectivity index (χ0n) is 5.24. The van der Waals surface area contributed by atoms with Crippen LogP contribution in [0.4, 0.5) is 4.79 Å². The molecule has 4 heteroatoms. The van der Waals surface area contributed by atoms with Crippen LogP contribution in [-0.4, -0.2) is 6.09 Å². The molecular formula is C6H7NO2S. The van der Waals surface area contributed by atoms with Gasteiger partial charge in [-0.1, -0.05) is 0 Å². The SMILES string of the molecule is NC(=O)OCc1ccsc1. The summed E-state index contributed by atoms with van der Waals surface area (Å²) < 4.78 is 4.53. The summed E-state index contributed by atoms with van der Waals surface area (Å²) in [7, 11) is 0. The van der Waals surface area contributed by atoms with Gasteiger partial charge in [0.25, 0.3) is 0 Å². The second-order valence-corrected chi connectivity index (χ2v) is 2.52. The molecular weight excluding hydrogens is 150 g/mol. The Balaban J connectivity index is 2.35. The van der Waals surface area contributed by atoms with E-state index in [1.165, 1.54) is 0 Å². The van der Waals surface area contributed by atoms with Gasteiger partial charge in [-0.2, -0.15) is 11.3 Å². The number of primary amides is 1. The van der Waals surface area contributed by atoms with Crippen LogP contribution in [0.1, 0.15) is 5.56 Å². The second kappa shape index (κ2) is 3.22. The van der Waals surface area contributed by atoms with Crippen LogP contribution in [0.2, 0.25) is 0 Å². The van der Waals surface area contributed by atoms with E-state index in [1.807, 2.05) is 16.8 Å². The molecule has 0 atom stereocenters. The predicted molar refractivity (Wildman–Crippen MR) is 38.7 cm³/mol. The first-order valence-electron chi connectivity index (χ1n) is 2.72. The highest BCUT2D eigenvalue weighted by Crippen LogP contribution is 2.06. The number of amides is 1. The maximum absolute atomic E-state index is 10.1. The van der Waals surface area contributed by atoms with E-state index in [9.17, 15) is 4.79 Å². The molecule has 0 spiro atoms. The summed E-state index contributed by atoms with van der Waals surface area (Å²) >= 11 is 1.56. The fourth-order valence-electron chi connectivity index (χ4n) is 0.529. The van der Waals surface area contributed by atoms with Gasteiger partial charge in [-0.15, -0.1) is 0 Å². The lowest BCUT2D eigenvalue weighted by Gasteiger charge is -1.95. The summed E-state index contributed by atoms with van der Waals surface area (Å²) in [6, 6.07) is 1.88. The van der Waals surface area contributed by atoms with Gasteiger partial charge in [-0.25, -0.2) is 4.79 Å². The third-order valence-corrected chi connectivity index (χ3v) is 1.69. The lowest BCUT2D eigenvalue weighted by atomic mass is 10.4. The lowest BCUT2D eigenvalue weighted by Crippen LogP contribution is -2.12. The molecule has 1 aromatic heterocycles. The van der Waals surface area contributed by atoms with E-state index < -0.39 is 6.09 Å². The fraction of sp³-hybridized carbons (Fsp3) is 0.167. The number of nitrogens with two attached hydrogens (primary N) is 1. The molecule has 0 aliphatic carbocycles. The minimum Gasteiger partial charge on any atom is -0.445 e. The number of hydrogen-bond acceptors (Lipinski definition) is 3. The first-order valence-corrected chi connectivity index (χ1v) is 3.66. The van der Waals surface area contributed by atoms with Gasteiger partial charge >= 0.3 is 6.09 Å². The van der Waals surface area contributed by atoms with Gasteiger partial charge < -0.3 is 10.5 Å². The van der Waals surface area contributed by atoms with Gasteiger partial charge in [-0.3, -0.25) is 0 Å². The van der Waals surface area contributed by atoms with Crippen molar-refractivity contribution in [2.75, 3.05) is 0 Å². The largest absolute Gasteiger partial charge is 0.445 e. The summed E-state index contributed by atoms with van der Waals surface area (Å²) in [6.07, 6.45) is -0.730. The van der Waals surface area contributed by atoms with Crippen molar-refractivity contribution in [1.29, 1.82) is 0 Å². The van der Waals surface area contributed by atoms with Crippen LogP contribution in [0, 0.1) is 0 Å². The molecule has 1 aromatic rings. The molecule has 54 valence electrons. The molecule has 1 rings (SSSR count). The summed E-state index contributed by atoms with van der Waals surface area (Å²) in [4.78, 5) is 10.1. The molecule has 0 bridgehead atoms. The quantitative estimate of drug-likeness (QED) is 0.704. The molecule has 0 aromatic carbocycles. The number of hydrogen-bond donors (Lipinski definition) is 1. The van der Waals surface area contributed by atoms with E-state index in [1.54, 1.807) is 11.3 Å². The van der Waals surface area contributed by atoms with Gasteiger partial charge in [0.05, 0.1) is 0 Å². The van der Waals surface area contributed by atoms with Crippen molar-refractivity contribution in [3.63, 3.8) is 0 Å². The van der Waals surface area contributed by atoms with Gasteiger partial charge in [0.2, 0.25) is 0 Å². The average Bonchev–Trinajstić information content (AvgIpc) is 2.34. The molecule has 10 heavy (non-hydrogen) atoms. The van der Waals surface area contributed by atoms with Crippen molar-refractivity contribution in [3.8, 4) is 0 Å². The highest BCUT2D eigenvalue weighted by Gasteiger charge is 1.95. The topological polar surface area (TPSA) is 52.3 Å². The van der Waals surface area contributed by atoms with Gasteiger partial charge in [-0.05, 0) is 16.8 Å². The normalized spacial score (nSPS) is 9.20. The summed E-state index contributed by atoms with van der Waals surface area (Å²) in [6.45, 7) is 0.277. The number of thiophene rings is 1. The van der Waals surface area contributed by atoms with Crippen LogP contribution in [0.3, 0.4) is 0 Å². The number of ether oxygens (including phenoxy) is 1. The molecule has 0 saturated carbocycles. The maximum Gasteiger partial charge on any atom is 0.404 e. The number of carbonyl (C=O) groups is 1. The van der Waals surface area contributed by atoms with Crippen molar-refractivity contribution in [3.05, 3.63) is 22.4 Å². The molecule has 1 heterocycles. The van der Waals surface area contributed by atoms with E-state index in [0.29, 0.717) is 0 Å². The minimum absolute atomic E-state index is 0.277. The van der Waals surface area contributed by atoms with Crippen LogP contribution >= 0.6 is 11.3 Å². The first-order chi connectivity index (χ1) is 4.79. The Hall–Kier alpha value is -1.03. The molecule has 0 saturated heterocycles. The molecule has 3 nitrogen and oxygen atoms in total. The third kappa shape index (κ3) is 2.06. The van der Waals surface area contributed by atoms with Gasteiger partial charge in [0, 0.05) is 5.56 Å². The smallest absolute Gasteiger partial charge is 0.404 e. The Bertz CT molecular complexity index is 208. The molecule has 2 N–H and O–H groups in total. The minimum atomic E-state index is -0.730. The Morgan fingerprint density at radius 3 is 3.10 bits per heavy atom. The third-order valence-electron chi connectivity index (χ3n) is 0.961. The maximum atomic E-state index is 10.1. The molecule has 0 unspecified atom stereocenters. The van der Waals surface area contributed by atoms with E-state index in [0.717, 1.165) is 5.56 Å². The van der Waals surface area contributed by atoms with Crippen molar-refractivity contribution in [2.45, 2.75) is 6.61 Å². The number of carbonyl (C=O) groups excluding carboxylic acids is 1. The summed E-state index contributed by atoms with van der Waals surface area (Å²) in [5, 5.41) is 3.82. The Morgan fingerprint density at radius 1 is 1.80 bits per heavy atom. The lowest BCUT2D eigenvalue weighted by molar-refractivity contribution is 0.150. The molecule has 0 radical (unpaired) electrons. The van der Waals surface area contributed by atoms with Crippen LogP contribution in [0.25, 0.3) is 0 Å². The Kier molecular flexibility index (Phi) is 2.28. The first kappa shape index (κ1) is 7.08. The molecule has 0 aliphatic rings. The molecule has 1 amide bonds. The fourth-order valence-corrected chi connectivity index (χ4v) is 1.18. The van der Waals surface area contributed by atoms with Crippen molar-refractivity contribution < 1.29 is 9.53 Å². The van der Waals surface area contributed by atoms with Crippen LogP contribution in [-0.2, 0) is 11.3 Å². The second-order valence-electron chi connectivity index (χ2n) is 1.74. The highest BCUT2D eigenvalue weighted by molar-refractivity contribution is 7.07. The van der Waals surface area contributed by atoms with E-state index >= 15 is 0 Å². The number of rotatable bonds is 2. The zero-order valence-corrected chi connectivity index (χ0v) is 6.06. The van der Waals surface area contributed by atoms with Crippen molar-refractivity contribution in [1.82, 2.24) is 0 Å². The Morgan fingerprint density at radius 2 is 2.60 bits per heavy atom. The zero-order chi connectivity index (χ0) is 7.40. The standard InChI is InChI=1S/C6H7NO2S/c7-6(8)9-3-5-1-2-10-4-5/h1-2,4H,3H2,(H2,7,8).